The molecule has 0 heterocycles. The Balaban J connectivity index is 1.29. The van der Waals surface area contributed by atoms with Crippen molar-refractivity contribution in [3.8, 4) is 33.4 Å². The summed E-state index contributed by atoms with van der Waals surface area (Å²) in [5.74, 6) is 0. The first-order valence-corrected chi connectivity index (χ1v) is 14.4. The highest BCUT2D eigenvalue weighted by Crippen LogP contribution is 2.38. The lowest BCUT2D eigenvalue weighted by Gasteiger charge is -2.26. The van der Waals surface area contributed by atoms with Crippen molar-refractivity contribution in [2.24, 2.45) is 0 Å². The van der Waals surface area contributed by atoms with Crippen LogP contribution in [0, 0.1) is 6.92 Å². The topological polar surface area (TPSA) is 3.24 Å². The zero-order chi connectivity index (χ0) is 28.3. The van der Waals surface area contributed by atoms with Crippen molar-refractivity contribution in [1.29, 1.82) is 0 Å². The minimum Gasteiger partial charge on any atom is -0.311 e. The fourth-order valence-electron chi connectivity index (χ4n) is 5.80. The molecule has 0 spiro atoms. The zero-order valence-corrected chi connectivity index (χ0v) is 23.6. The fourth-order valence-corrected chi connectivity index (χ4v) is 5.80. The minimum absolute atomic E-state index is 1.12. The predicted molar refractivity (Wildman–Crippen MR) is 180 cm³/mol. The second-order valence-electron chi connectivity index (χ2n) is 10.7. The van der Waals surface area contributed by atoms with Crippen LogP contribution >= 0.6 is 0 Å². The van der Waals surface area contributed by atoms with Gasteiger partial charge in [0.1, 0.15) is 0 Å². The van der Waals surface area contributed by atoms with Gasteiger partial charge in [0.2, 0.25) is 0 Å². The summed E-state index contributed by atoms with van der Waals surface area (Å²) in [5, 5.41) is 2.55. The molecule has 7 aromatic carbocycles. The molecule has 42 heavy (non-hydrogen) atoms. The van der Waals surface area contributed by atoms with Crippen LogP contribution in [-0.4, -0.2) is 0 Å². The maximum atomic E-state index is 2.33. The van der Waals surface area contributed by atoms with Crippen molar-refractivity contribution < 1.29 is 0 Å². The number of nitrogens with zero attached hydrogens (tertiary/aromatic N) is 1. The van der Waals surface area contributed by atoms with Crippen molar-refractivity contribution in [3.63, 3.8) is 0 Å². The van der Waals surface area contributed by atoms with Crippen LogP contribution in [0.3, 0.4) is 0 Å². The molecule has 0 atom stereocenters. The molecule has 200 valence electrons. The van der Waals surface area contributed by atoms with Crippen molar-refractivity contribution in [2.75, 3.05) is 4.90 Å². The second-order valence-corrected chi connectivity index (χ2v) is 10.7. The van der Waals surface area contributed by atoms with Gasteiger partial charge in [0.05, 0.1) is 0 Å². The molecule has 0 radical (unpaired) electrons. The lowest BCUT2D eigenvalue weighted by molar-refractivity contribution is 1.28. The molecule has 0 amide bonds. The van der Waals surface area contributed by atoms with Crippen LogP contribution < -0.4 is 4.90 Å². The Morgan fingerprint density at radius 3 is 1.26 bits per heavy atom. The summed E-state index contributed by atoms with van der Waals surface area (Å²) >= 11 is 0. The van der Waals surface area contributed by atoms with Gasteiger partial charge in [-0.15, -0.1) is 0 Å². The van der Waals surface area contributed by atoms with Gasteiger partial charge in [-0.25, -0.2) is 0 Å². The summed E-state index contributed by atoms with van der Waals surface area (Å²) < 4.78 is 0. The fraction of sp³-hybridized carbons (Fsp3) is 0.0244. The van der Waals surface area contributed by atoms with Gasteiger partial charge in [-0.3, -0.25) is 0 Å². The van der Waals surface area contributed by atoms with Gasteiger partial charge in [-0.05, 0) is 93.0 Å². The molecule has 0 aromatic heterocycles. The largest absolute Gasteiger partial charge is 0.311 e. The third-order valence-electron chi connectivity index (χ3n) is 7.91. The number of fused-ring (bicyclic) bond motifs is 1. The standard InChI is InChI=1S/C41H31N/c1-30-28-36-14-8-9-15-40(36)41(29-30)35-20-26-39(27-21-35)42(37-22-16-33(17-23-37)31-10-4-2-5-11-31)38-24-18-34(19-25-38)32-12-6-3-7-13-32/h2-29H,1H3. The Morgan fingerprint density at radius 1 is 0.357 bits per heavy atom. The van der Waals surface area contributed by atoms with E-state index in [-0.39, 0.29) is 0 Å². The molecule has 0 fully saturated rings. The summed E-state index contributed by atoms with van der Waals surface area (Å²) in [4.78, 5) is 2.33. The summed E-state index contributed by atoms with van der Waals surface area (Å²) in [6, 6.07) is 61.0. The molecule has 0 bridgehead atoms. The molecule has 0 saturated heterocycles. The van der Waals surface area contributed by atoms with Crippen LogP contribution in [0.5, 0.6) is 0 Å². The number of hydrogen-bond acceptors (Lipinski definition) is 1. The number of benzene rings is 7. The molecular weight excluding hydrogens is 506 g/mol. The number of anilines is 3. The van der Waals surface area contributed by atoms with Crippen LogP contribution in [0.15, 0.2) is 170 Å². The first-order valence-electron chi connectivity index (χ1n) is 14.4. The van der Waals surface area contributed by atoms with E-state index in [4.69, 9.17) is 0 Å². The van der Waals surface area contributed by atoms with Gasteiger partial charge in [0, 0.05) is 17.1 Å². The monoisotopic (exact) mass is 537 g/mol. The number of hydrogen-bond donors (Lipinski definition) is 0. The third kappa shape index (κ3) is 5.09. The second kappa shape index (κ2) is 11.2. The smallest absolute Gasteiger partial charge is 0.0462 e. The summed E-state index contributed by atoms with van der Waals surface area (Å²) in [7, 11) is 0. The highest BCUT2D eigenvalue weighted by Gasteiger charge is 2.14. The van der Waals surface area contributed by atoms with E-state index in [0.29, 0.717) is 0 Å². The maximum absolute atomic E-state index is 2.33. The summed E-state index contributed by atoms with van der Waals surface area (Å²) in [5.41, 5.74) is 12.0. The van der Waals surface area contributed by atoms with Crippen molar-refractivity contribution in [1.82, 2.24) is 0 Å². The molecule has 1 nitrogen and oxygen atoms in total. The first kappa shape index (κ1) is 25.6. The van der Waals surface area contributed by atoms with E-state index in [1.807, 2.05) is 0 Å². The molecule has 0 unspecified atom stereocenters. The van der Waals surface area contributed by atoms with Crippen LogP contribution in [0.2, 0.25) is 0 Å². The maximum Gasteiger partial charge on any atom is 0.0462 e. The third-order valence-corrected chi connectivity index (χ3v) is 7.91. The normalized spacial score (nSPS) is 11.0. The van der Waals surface area contributed by atoms with E-state index in [1.54, 1.807) is 0 Å². The first-order chi connectivity index (χ1) is 20.7. The molecule has 7 aromatic rings. The Labute approximate surface area is 248 Å². The lowest BCUT2D eigenvalue weighted by atomic mass is 9.96. The highest BCUT2D eigenvalue weighted by atomic mass is 15.1. The van der Waals surface area contributed by atoms with Crippen LogP contribution in [0.4, 0.5) is 17.1 Å². The van der Waals surface area contributed by atoms with E-state index < -0.39 is 0 Å². The predicted octanol–water partition coefficient (Wildman–Crippen LogP) is 11.6. The van der Waals surface area contributed by atoms with E-state index in [2.05, 4.69) is 182 Å². The van der Waals surface area contributed by atoms with Crippen molar-refractivity contribution in [3.05, 3.63) is 175 Å². The molecule has 0 aliphatic carbocycles. The van der Waals surface area contributed by atoms with Crippen molar-refractivity contribution >= 4 is 27.8 Å². The average molecular weight is 538 g/mol. The van der Waals surface area contributed by atoms with E-state index >= 15 is 0 Å². The van der Waals surface area contributed by atoms with Crippen LogP contribution in [0.25, 0.3) is 44.2 Å². The van der Waals surface area contributed by atoms with Gasteiger partial charge in [0.15, 0.2) is 0 Å². The summed E-state index contributed by atoms with van der Waals surface area (Å²) in [6.45, 7) is 2.17. The minimum atomic E-state index is 1.12. The van der Waals surface area contributed by atoms with E-state index in [1.165, 1.54) is 49.7 Å². The van der Waals surface area contributed by atoms with Crippen LogP contribution in [0.1, 0.15) is 5.56 Å². The van der Waals surface area contributed by atoms with E-state index in [0.717, 1.165) is 17.1 Å². The van der Waals surface area contributed by atoms with Gasteiger partial charge in [-0.2, -0.15) is 0 Å². The molecule has 7 rings (SSSR count). The van der Waals surface area contributed by atoms with Crippen LogP contribution in [-0.2, 0) is 0 Å². The molecule has 0 N–H and O–H groups in total. The molecule has 0 aliphatic rings. The molecule has 1 heteroatoms. The Bertz CT molecular complexity index is 1860. The van der Waals surface area contributed by atoms with E-state index in [9.17, 15) is 0 Å². The number of rotatable bonds is 6. The average Bonchev–Trinajstić information content (AvgIpc) is 3.06. The lowest BCUT2D eigenvalue weighted by Crippen LogP contribution is -2.09. The zero-order valence-electron chi connectivity index (χ0n) is 23.6. The van der Waals surface area contributed by atoms with Gasteiger partial charge in [-0.1, -0.05) is 133 Å². The molecule has 0 saturated carbocycles. The SMILES string of the molecule is Cc1cc(-c2ccc(N(c3ccc(-c4ccccc4)cc3)c3ccc(-c4ccccc4)cc3)cc2)c2ccccc2c1. The Hall–Kier alpha value is -5.40. The number of aryl methyl sites for hydroxylation is 1. The van der Waals surface area contributed by atoms with Gasteiger partial charge < -0.3 is 4.90 Å². The van der Waals surface area contributed by atoms with Crippen molar-refractivity contribution in [2.45, 2.75) is 6.92 Å². The summed E-state index contributed by atoms with van der Waals surface area (Å²) in [6.07, 6.45) is 0. The molecule has 0 aliphatic heterocycles. The Morgan fingerprint density at radius 2 is 0.762 bits per heavy atom. The highest BCUT2D eigenvalue weighted by molar-refractivity contribution is 5.97. The molecular formula is C41H31N. The Kier molecular flexibility index (Phi) is 6.84. The van der Waals surface area contributed by atoms with Gasteiger partial charge >= 0.3 is 0 Å². The quantitative estimate of drug-likeness (QED) is 0.204. The van der Waals surface area contributed by atoms with Gasteiger partial charge in [0.25, 0.3) is 0 Å².